The van der Waals surface area contributed by atoms with Gasteiger partial charge >= 0.3 is 0 Å². The van der Waals surface area contributed by atoms with Gasteiger partial charge in [-0.05, 0) is 109 Å². The van der Waals surface area contributed by atoms with Gasteiger partial charge in [0.05, 0.1) is 0 Å². The van der Waals surface area contributed by atoms with Crippen LogP contribution in [0.1, 0.15) is 25.0 Å². The van der Waals surface area contributed by atoms with Crippen molar-refractivity contribution in [1.82, 2.24) is 0 Å². The van der Waals surface area contributed by atoms with Crippen LogP contribution in [0.2, 0.25) is 0 Å². The van der Waals surface area contributed by atoms with Crippen LogP contribution in [0.25, 0.3) is 76.5 Å². The van der Waals surface area contributed by atoms with Crippen LogP contribution < -0.4 is 4.90 Å². The molecule has 0 amide bonds. The van der Waals surface area contributed by atoms with E-state index in [1.807, 2.05) is 0 Å². The number of hydrogen-bond acceptors (Lipinski definition) is 2. The molecule has 11 rings (SSSR count). The highest BCUT2D eigenvalue weighted by Crippen LogP contribution is 2.51. The van der Waals surface area contributed by atoms with Gasteiger partial charge in [0.25, 0.3) is 0 Å². The lowest BCUT2D eigenvalue weighted by Gasteiger charge is -2.28. The molecule has 0 unspecified atom stereocenters. The Kier molecular flexibility index (Phi) is 6.33. The summed E-state index contributed by atoms with van der Waals surface area (Å²) in [6, 6.07) is 64.2. The van der Waals surface area contributed by atoms with Gasteiger partial charge in [0.15, 0.2) is 0 Å². The third-order valence-corrected chi connectivity index (χ3v) is 11.6. The van der Waals surface area contributed by atoms with Crippen LogP contribution in [0.15, 0.2) is 180 Å². The van der Waals surface area contributed by atoms with Crippen molar-refractivity contribution in [2.24, 2.45) is 0 Å². The molecule has 0 bridgehead atoms. The summed E-state index contributed by atoms with van der Waals surface area (Å²) in [5.74, 6) is 0. The molecule has 53 heavy (non-hydrogen) atoms. The van der Waals surface area contributed by atoms with Crippen molar-refractivity contribution in [1.29, 1.82) is 0 Å². The molecule has 1 aliphatic carbocycles. The van der Waals surface area contributed by atoms with Gasteiger partial charge in [-0.2, -0.15) is 0 Å². The van der Waals surface area contributed by atoms with Crippen molar-refractivity contribution in [2.45, 2.75) is 19.3 Å². The summed E-state index contributed by atoms with van der Waals surface area (Å²) in [4.78, 5) is 2.39. The highest BCUT2D eigenvalue weighted by Gasteiger charge is 2.35. The summed E-state index contributed by atoms with van der Waals surface area (Å²) in [5, 5.41) is 9.51. The topological polar surface area (TPSA) is 16.4 Å². The quantitative estimate of drug-likeness (QED) is 0.184. The molecule has 250 valence electrons. The molecule has 1 aliphatic rings. The molecule has 0 saturated heterocycles. The van der Waals surface area contributed by atoms with Crippen LogP contribution in [0.3, 0.4) is 0 Å². The molecule has 10 aromatic rings. The predicted molar refractivity (Wildman–Crippen MR) is 224 cm³/mol. The average molecular weight is 678 g/mol. The summed E-state index contributed by atoms with van der Waals surface area (Å²) in [6.45, 7) is 4.69. The number of anilines is 3. The second-order valence-corrected chi connectivity index (χ2v) is 15.0. The molecule has 0 atom stereocenters. The molecule has 0 N–H and O–H groups in total. The molecular weight excluding hydrogens is 643 g/mol. The van der Waals surface area contributed by atoms with Crippen LogP contribution in [0.4, 0.5) is 17.1 Å². The number of nitrogens with zero attached hydrogens (tertiary/aromatic N) is 1. The van der Waals surface area contributed by atoms with Crippen molar-refractivity contribution in [3.8, 4) is 22.3 Å². The van der Waals surface area contributed by atoms with Crippen molar-refractivity contribution >= 4 is 71.3 Å². The maximum Gasteiger partial charge on any atom is 0.143 e. The molecule has 0 spiro atoms. The Labute approximate surface area is 308 Å². The average Bonchev–Trinajstić information content (AvgIpc) is 3.67. The van der Waals surface area contributed by atoms with Gasteiger partial charge in [0.2, 0.25) is 0 Å². The highest BCUT2D eigenvalue weighted by molar-refractivity contribution is 6.19. The first-order valence-corrected chi connectivity index (χ1v) is 18.4. The van der Waals surface area contributed by atoms with Gasteiger partial charge in [-0.25, -0.2) is 0 Å². The number of furan rings is 1. The third kappa shape index (κ3) is 4.52. The smallest absolute Gasteiger partial charge is 0.143 e. The van der Waals surface area contributed by atoms with E-state index in [0.717, 1.165) is 50.1 Å². The Hall–Kier alpha value is -6.64. The van der Waals surface area contributed by atoms with Crippen LogP contribution in [0, 0.1) is 0 Å². The lowest BCUT2D eigenvalue weighted by molar-refractivity contribution is 0.660. The van der Waals surface area contributed by atoms with E-state index in [4.69, 9.17) is 4.42 Å². The minimum absolute atomic E-state index is 0.110. The zero-order valence-electron chi connectivity index (χ0n) is 29.6. The molecule has 0 radical (unpaired) electrons. The van der Waals surface area contributed by atoms with Gasteiger partial charge in [-0.1, -0.05) is 135 Å². The number of rotatable bonds is 4. The van der Waals surface area contributed by atoms with E-state index in [-0.39, 0.29) is 5.41 Å². The van der Waals surface area contributed by atoms with E-state index in [1.54, 1.807) is 0 Å². The molecule has 2 nitrogen and oxygen atoms in total. The van der Waals surface area contributed by atoms with Crippen molar-refractivity contribution in [2.75, 3.05) is 4.90 Å². The predicted octanol–water partition coefficient (Wildman–Crippen LogP) is 14.5. The Morgan fingerprint density at radius 3 is 1.85 bits per heavy atom. The van der Waals surface area contributed by atoms with Gasteiger partial charge in [0.1, 0.15) is 11.2 Å². The van der Waals surface area contributed by atoms with Crippen molar-refractivity contribution in [3.05, 3.63) is 187 Å². The van der Waals surface area contributed by atoms with Crippen molar-refractivity contribution < 1.29 is 4.42 Å². The zero-order valence-corrected chi connectivity index (χ0v) is 29.6. The molecular formula is C51H35NO. The Balaban J connectivity index is 1.14. The van der Waals surface area contributed by atoms with E-state index in [1.165, 1.54) is 54.6 Å². The molecule has 0 saturated carbocycles. The van der Waals surface area contributed by atoms with Crippen LogP contribution in [-0.2, 0) is 5.41 Å². The first-order valence-electron chi connectivity index (χ1n) is 18.4. The van der Waals surface area contributed by atoms with E-state index >= 15 is 0 Å². The fraction of sp³-hybridized carbons (Fsp3) is 0.0588. The largest absolute Gasteiger partial charge is 0.455 e. The standard InChI is InChI=1S/C51H35NO/c1-51(2)46-18-10-9-17-42(46)43-25-23-39(30-47(43)51)52(38-22-21-33-12-4-6-14-35(33)28-38)40-24-26-44-45-29-36-15-7-8-16-41(36)49(50(45)53-48(44)31-40)37-20-19-32-11-3-5-13-34(32)27-37/h3-31H,1-2H3. The Bertz CT molecular complexity index is 3110. The molecule has 0 aliphatic heterocycles. The van der Waals surface area contributed by atoms with E-state index in [2.05, 4.69) is 195 Å². The lowest BCUT2D eigenvalue weighted by atomic mass is 9.82. The normalized spacial score (nSPS) is 13.2. The molecule has 1 heterocycles. The number of benzene rings is 9. The summed E-state index contributed by atoms with van der Waals surface area (Å²) < 4.78 is 7.01. The van der Waals surface area contributed by atoms with E-state index < -0.39 is 0 Å². The Morgan fingerprint density at radius 1 is 0.415 bits per heavy atom. The van der Waals surface area contributed by atoms with Crippen LogP contribution in [0.5, 0.6) is 0 Å². The zero-order chi connectivity index (χ0) is 35.3. The number of fused-ring (bicyclic) bond motifs is 9. The lowest BCUT2D eigenvalue weighted by Crippen LogP contribution is -2.16. The second-order valence-electron chi connectivity index (χ2n) is 15.0. The maximum atomic E-state index is 7.01. The van der Waals surface area contributed by atoms with Crippen molar-refractivity contribution in [3.63, 3.8) is 0 Å². The third-order valence-electron chi connectivity index (χ3n) is 11.6. The summed E-state index contributed by atoms with van der Waals surface area (Å²) in [7, 11) is 0. The summed E-state index contributed by atoms with van der Waals surface area (Å²) >= 11 is 0. The summed E-state index contributed by atoms with van der Waals surface area (Å²) in [6.07, 6.45) is 0. The van der Waals surface area contributed by atoms with Gasteiger partial charge in [-0.3, -0.25) is 0 Å². The minimum Gasteiger partial charge on any atom is -0.455 e. The molecule has 2 heteroatoms. The molecule has 0 fully saturated rings. The number of hydrogen-bond donors (Lipinski definition) is 0. The molecule has 9 aromatic carbocycles. The SMILES string of the molecule is CC1(C)c2ccccc2-c2ccc(N(c3ccc4ccccc4c3)c3ccc4c(c3)oc3c(-c5ccc6ccccc6c5)c5ccccc5cc34)cc21. The minimum atomic E-state index is -0.110. The van der Waals surface area contributed by atoms with Crippen LogP contribution in [-0.4, -0.2) is 0 Å². The Morgan fingerprint density at radius 2 is 1.02 bits per heavy atom. The first kappa shape index (κ1) is 30.0. The molecule has 1 aromatic heterocycles. The van der Waals surface area contributed by atoms with Crippen LogP contribution >= 0.6 is 0 Å². The van der Waals surface area contributed by atoms with E-state index in [9.17, 15) is 0 Å². The fourth-order valence-corrected chi connectivity index (χ4v) is 8.93. The summed E-state index contributed by atoms with van der Waals surface area (Å²) in [5.41, 5.74) is 12.6. The highest BCUT2D eigenvalue weighted by atomic mass is 16.3. The fourth-order valence-electron chi connectivity index (χ4n) is 8.93. The first-order chi connectivity index (χ1) is 26.0. The monoisotopic (exact) mass is 677 g/mol. The maximum absolute atomic E-state index is 7.01. The van der Waals surface area contributed by atoms with Gasteiger partial charge < -0.3 is 9.32 Å². The van der Waals surface area contributed by atoms with Gasteiger partial charge in [0, 0.05) is 44.9 Å². The van der Waals surface area contributed by atoms with Gasteiger partial charge in [-0.15, -0.1) is 0 Å². The second kappa shape index (κ2) is 11.2. The van der Waals surface area contributed by atoms with E-state index in [0.29, 0.717) is 0 Å².